The van der Waals surface area contributed by atoms with Gasteiger partial charge in [-0.15, -0.1) is 0 Å². The Kier molecular flexibility index (Phi) is 3.94. The van der Waals surface area contributed by atoms with Crippen LogP contribution in [0.15, 0.2) is 30.7 Å². The van der Waals surface area contributed by atoms with Crippen molar-refractivity contribution in [2.24, 2.45) is 0 Å². The Hall–Kier alpha value is -1.88. The van der Waals surface area contributed by atoms with Gasteiger partial charge in [-0.25, -0.2) is 4.98 Å². The van der Waals surface area contributed by atoms with Gasteiger partial charge in [0.05, 0.1) is 12.3 Å². The van der Waals surface area contributed by atoms with Crippen molar-refractivity contribution < 1.29 is 5.11 Å². The first kappa shape index (κ1) is 12.6. The number of hydrogen-bond acceptors (Lipinski definition) is 4. The molecule has 3 N–H and O–H groups in total. The normalized spacial score (nSPS) is 12.6. The van der Waals surface area contributed by atoms with Gasteiger partial charge < -0.3 is 10.8 Å². The topological polar surface area (TPSA) is 77.0 Å². The van der Waals surface area contributed by atoms with Gasteiger partial charge >= 0.3 is 0 Å². The van der Waals surface area contributed by atoms with Crippen LogP contribution < -0.4 is 5.73 Å². The molecule has 5 nitrogen and oxygen atoms in total. The molecule has 1 unspecified atom stereocenters. The van der Waals surface area contributed by atoms with Crippen molar-refractivity contribution in [2.75, 3.05) is 5.73 Å². The minimum absolute atomic E-state index is 0.456. The molecular weight excluding hydrogens is 228 g/mol. The molecular formula is C13H18N4O. The van der Waals surface area contributed by atoms with Crippen LogP contribution in [-0.2, 0) is 13.0 Å². The number of pyridine rings is 1. The van der Waals surface area contributed by atoms with Gasteiger partial charge in [0.2, 0.25) is 0 Å². The number of nitrogens with two attached hydrogens (primary N) is 1. The Balaban J connectivity index is 2.07. The van der Waals surface area contributed by atoms with Crippen molar-refractivity contribution in [1.82, 2.24) is 14.8 Å². The van der Waals surface area contributed by atoms with Crippen LogP contribution in [0.3, 0.4) is 0 Å². The summed E-state index contributed by atoms with van der Waals surface area (Å²) in [6, 6.07) is 3.70. The molecule has 0 aliphatic rings. The predicted molar refractivity (Wildman–Crippen MR) is 69.8 cm³/mol. The van der Waals surface area contributed by atoms with E-state index in [1.54, 1.807) is 12.4 Å². The lowest BCUT2D eigenvalue weighted by Crippen LogP contribution is -2.05. The summed E-state index contributed by atoms with van der Waals surface area (Å²) >= 11 is 0. The summed E-state index contributed by atoms with van der Waals surface area (Å²) in [5.41, 5.74) is 7.42. The van der Waals surface area contributed by atoms with Crippen LogP contribution in [-0.4, -0.2) is 19.9 Å². The van der Waals surface area contributed by atoms with Gasteiger partial charge in [0.15, 0.2) is 0 Å². The average Bonchev–Trinajstić information content (AvgIpc) is 2.81. The van der Waals surface area contributed by atoms with Gasteiger partial charge in [-0.3, -0.25) is 4.68 Å². The second-order valence-corrected chi connectivity index (χ2v) is 4.30. The van der Waals surface area contributed by atoms with E-state index in [1.807, 2.05) is 23.0 Å². The molecule has 0 amide bonds. The number of aromatic nitrogens is 3. The number of anilines is 1. The number of aliphatic hydroxyl groups is 1. The van der Waals surface area contributed by atoms with E-state index in [-0.39, 0.29) is 0 Å². The van der Waals surface area contributed by atoms with E-state index < -0.39 is 6.10 Å². The van der Waals surface area contributed by atoms with Crippen LogP contribution >= 0.6 is 0 Å². The highest BCUT2D eigenvalue weighted by Gasteiger charge is 2.12. The lowest BCUT2D eigenvalue weighted by atomic mass is 10.1. The Bertz CT molecular complexity index is 509. The summed E-state index contributed by atoms with van der Waals surface area (Å²) in [5, 5.41) is 14.3. The molecule has 0 saturated heterocycles. The SMILES string of the molecule is CCCn1cc(C(O)Cc2cccnc2N)cn1. The Labute approximate surface area is 106 Å². The quantitative estimate of drug-likeness (QED) is 0.839. The van der Waals surface area contributed by atoms with Crippen molar-refractivity contribution in [3.05, 3.63) is 41.9 Å². The van der Waals surface area contributed by atoms with Crippen molar-refractivity contribution in [1.29, 1.82) is 0 Å². The van der Waals surface area contributed by atoms with E-state index in [1.165, 1.54) is 0 Å². The molecule has 0 bridgehead atoms. The summed E-state index contributed by atoms with van der Waals surface area (Å²) in [6.45, 7) is 2.95. The predicted octanol–water partition coefficient (Wildman–Crippen LogP) is 1.55. The number of aliphatic hydroxyl groups excluding tert-OH is 1. The monoisotopic (exact) mass is 246 g/mol. The minimum atomic E-state index is -0.595. The zero-order chi connectivity index (χ0) is 13.0. The van der Waals surface area contributed by atoms with Crippen LogP contribution in [0.2, 0.25) is 0 Å². The zero-order valence-corrected chi connectivity index (χ0v) is 10.5. The number of nitrogen functional groups attached to an aromatic ring is 1. The van der Waals surface area contributed by atoms with Crippen LogP contribution in [0, 0.1) is 0 Å². The van der Waals surface area contributed by atoms with Crippen LogP contribution in [0.4, 0.5) is 5.82 Å². The van der Waals surface area contributed by atoms with Gasteiger partial charge in [0.25, 0.3) is 0 Å². The largest absolute Gasteiger partial charge is 0.388 e. The maximum absolute atomic E-state index is 10.1. The minimum Gasteiger partial charge on any atom is -0.388 e. The Morgan fingerprint density at radius 2 is 2.33 bits per heavy atom. The highest BCUT2D eigenvalue weighted by molar-refractivity contribution is 5.39. The molecule has 0 radical (unpaired) electrons. The third kappa shape index (κ3) is 2.87. The molecule has 2 heterocycles. The van der Waals surface area contributed by atoms with Gasteiger partial charge in [0.1, 0.15) is 5.82 Å². The highest BCUT2D eigenvalue weighted by Crippen LogP contribution is 2.20. The molecule has 0 saturated carbocycles. The molecule has 0 aromatic carbocycles. The molecule has 1 atom stereocenters. The van der Waals surface area contributed by atoms with E-state index in [0.29, 0.717) is 12.2 Å². The summed E-state index contributed by atoms with van der Waals surface area (Å²) in [4.78, 5) is 4.01. The molecule has 5 heteroatoms. The van der Waals surface area contributed by atoms with Gasteiger partial charge in [0, 0.05) is 30.9 Å². The van der Waals surface area contributed by atoms with E-state index in [2.05, 4.69) is 17.0 Å². The maximum atomic E-state index is 10.1. The second-order valence-electron chi connectivity index (χ2n) is 4.30. The smallest absolute Gasteiger partial charge is 0.126 e. The zero-order valence-electron chi connectivity index (χ0n) is 10.5. The molecule has 0 aliphatic heterocycles. The summed E-state index contributed by atoms with van der Waals surface area (Å²) in [7, 11) is 0. The van der Waals surface area contributed by atoms with E-state index in [0.717, 1.165) is 24.1 Å². The molecule has 0 spiro atoms. The maximum Gasteiger partial charge on any atom is 0.126 e. The fraction of sp³-hybridized carbons (Fsp3) is 0.385. The van der Waals surface area contributed by atoms with E-state index in [9.17, 15) is 5.11 Å². The molecule has 0 aliphatic carbocycles. The molecule has 2 rings (SSSR count). The van der Waals surface area contributed by atoms with Crippen molar-refractivity contribution >= 4 is 5.82 Å². The number of hydrogen-bond donors (Lipinski definition) is 2. The van der Waals surface area contributed by atoms with Crippen LogP contribution in [0.1, 0.15) is 30.6 Å². The number of rotatable bonds is 5. The van der Waals surface area contributed by atoms with Gasteiger partial charge in [-0.1, -0.05) is 13.0 Å². The molecule has 0 fully saturated rings. The van der Waals surface area contributed by atoms with Crippen molar-refractivity contribution in [3.8, 4) is 0 Å². The highest BCUT2D eigenvalue weighted by atomic mass is 16.3. The third-order valence-electron chi connectivity index (χ3n) is 2.83. The van der Waals surface area contributed by atoms with E-state index in [4.69, 9.17) is 5.73 Å². The Morgan fingerprint density at radius 3 is 3.06 bits per heavy atom. The molecule has 96 valence electrons. The first-order chi connectivity index (χ1) is 8.70. The number of nitrogens with zero attached hydrogens (tertiary/aromatic N) is 3. The van der Waals surface area contributed by atoms with E-state index >= 15 is 0 Å². The van der Waals surface area contributed by atoms with Gasteiger partial charge in [-0.05, 0) is 18.1 Å². The first-order valence-electron chi connectivity index (χ1n) is 6.10. The number of aryl methyl sites for hydroxylation is 1. The molecule has 18 heavy (non-hydrogen) atoms. The lowest BCUT2D eigenvalue weighted by Gasteiger charge is -2.09. The fourth-order valence-corrected chi connectivity index (χ4v) is 1.85. The van der Waals surface area contributed by atoms with Crippen LogP contribution in [0.5, 0.6) is 0 Å². The first-order valence-corrected chi connectivity index (χ1v) is 6.10. The third-order valence-corrected chi connectivity index (χ3v) is 2.83. The van der Waals surface area contributed by atoms with Crippen molar-refractivity contribution in [2.45, 2.75) is 32.4 Å². The summed E-state index contributed by atoms with van der Waals surface area (Å²) in [6.07, 6.45) is 6.10. The Morgan fingerprint density at radius 1 is 1.50 bits per heavy atom. The second kappa shape index (κ2) is 5.64. The molecule has 2 aromatic rings. The average molecular weight is 246 g/mol. The van der Waals surface area contributed by atoms with Crippen LogP contribution in [0.25, 0.3) is 0 Å². The molecule has 2 aromatic heterocycles. The lowest BCUT2D eigenvalue weighted by molar-refractivity contribution is 0.178. The van der Waals surface area contributed by atoms with Gasteiger partial charge in [-0.2, -0.15) is 5.10 Å². The fourth-order valence-electron chi connectivity index (χ4n) is 1.85. The van der Waals surface area contributed by atoms with Crippen molar-refractivity contribution in [3.63, 3.8) is 0 Å². The standard InChI is InChI=1S/C13H18N4O/c1-2-6-17-9-11(8-16-17)12(18)7-10-4-3-5-15-13(10)14/h3-5,8-9,12,18H,2,6-7H2,1H3,(H2,14,15). The summed E-state index contributed by atoms with van der Waals surface area (Å²) < 4.78 is 1.84. The summed E-state index contributed by atoms with van der Waals surface area (Å²) in [5.74, 6) is 0.470.